The molecule has 0 saturated heterocycles. The average molecular weight is 479 g/mol. The quantitative estimate of drug-likeness (QED) is 0.327. The molecule has 0 heterocycles. The Morgan fingerprint density at radius 2 is 1.73 bits per heavy atom. The summed E-state index contributed by atoms with van der Waals surface area (Å²) in [5.41, 5.74) is 7.67. The van der Waals surface area contributed by atoms with Gasteiger partial charge in [-0.2, -0.15) is 4.31 Å². The lowest BCUT2D eigenvalue weighted by Crippen LogP contribution is -2.46. The number of hydrogen-bond donors (Lipinski definition) is 2. The van der Waals surface area contributed by atoms with Crippen molar-refractivity contribution in [2.75, 3.05) is 37.7 Å². The SMILES string of the molecule is CCN(SC1CCCCCC1N(CC)S(C)(=O)=O)c1cc(Cl)ccc1C.CNNC. The fourth-order valence-electron chi connectivity index (χ4n) is 3.74. The summed E-state index contributed by atoms with van der Waals surface area (Å²) in [6.07, 6.45) is 6.73. The highest BCUT2D eigenvalue weighted by Gasteiger charge is 2.34. The molecule has 2 rings (SSSR count). The Morgan fingerprint density at radius 3 is 2.27 bits per heavy atom. The molecule has 0 bridgehead atoms. The third-order valence-electron chi connectivity index (χ3n) is 5.26. The summed E-state index contributed by atoms with van der Waals surface area (Å²) in [4.78, 5) is 0. The normalized spacial score (nSPS) is 19.7. The van der Waals surface area contributed by atoms with E-state index in [2.05, 4.69) is 29.0 Å². The molecule has 1 aliphatic carbocycles. The Balaban J connectivity index is 0.00000103. The summed E-state index contributed by atoms with van der Waals surface area (Å²) in [5, 5.41) is 0.985. The lowest BCUT2D eigenvalue weighted by Gasteiger charge is -2.36. The van der Waals surface area contributed by atoms with Crippen LogP contribution in [0.5, 0.6) is 0 Å². The Morgan fingerprint density at radius 1 is 1.10 bits per heavy atom. The number of halogens is 1. The molecule has 2 unspecified atom stereocenters. The summed E-state index contributed by atoms with van der Waals surface area (Å²) in [7, 11) is 0.433. The van der Waals surface area contributed by atoms with Crippen molar-refractivity contribution in [1.82, 2.24) is 15.2 Å². The van der Waals surface area contributed by atoms with E-state index < -0.39 is 10.0 Å². The summed E-state index contributed by atoms with van der Waals surface area (Å²) in [6.45, 7) is 7.54. The number of hydrogen-bond acceptors (Lipinski definition) is 6. The van der Waals surface area contributed by atoms with Crippen molar-refractivity contribution in [1.29, 1.82) is 0 Å². The molecule has 9 heteroatoms. The van der Waals surface area contributed by atoms with Crippen LogP contribution >= 0.6 is 23.5 Å². The molecule has 6 nitrogen and oxygen atoms in total. The summed E-state index contributed by atoms with van der Waals surface area (Å²) >= 11 is 8.02. The molecule has 1 aromatic rings. The minimum absolute atomic E-state index is 0.0519. The maximum absolute atomic E-state index is 12.3. The standard InChI is InChI=1S/C19H31ClN2O2S2.C2H8N2/c1-5-21(18-14-16(20)13-12-15(18)3)25-19-11-9-7-8-10-17(19)22(6-2)26(4,23)24;1-3-4-2/h12-14,17,19H,5-11H2,1-4H3;3-4H,1-2H3. The number of anilines is 1. The molecule has 30 heavy (non-hydrogen) atoms. The fourth-order valence-corrected chi connectivity index (χ4v) is 6.68. The molecule has 0 amide bonds. The number of aryl methyl sites for hydroxylation is 1. The van der Waals surface area contributed by atoms with Gasteiger partial charge in [-0.05, 0) is 70.4 Å². The molecule has 0 aromatic heterocycles. The minimum atomic E-state index is -3.21. The first-order valence-electron chi connectivity index (χ1n) is 10.7. The largest absolute Gasteiger partial charge is 0.316 e. The van der Waals surface area contributed by atoms with Crippen LogP contribution in [0, 0.1) is 6.92 Å². The van der Waals surface area contributed by atoms with Gasteiger partial charge in [-0.3, -0.25) is 10.9 Å². The number of rotatable bonds is 8. The van der Waals surface area contributed by atoms with Crippen LogP contribution in [-0.2, 0) is 10.0 Å². The van der Waals surface area contributed by atoms with Gasteiger partial charge in [0.1, 0.15) is 0 Å². The van der Waals surface area contributed by atoms with Crippen LogP contribution in [0.2, 0.25) is 5.02 Å². The average Bonchev–Trinajstić information content (AvgIpc) is 2.93. The van der Waals surface area contributed by atoms with Crippen molar-refractivity contribution in [2.45, 2.75) is 64.2 Å². The van der Waals surface area contributed by atoms with Crippen molar-refractivity contribution < 1.29 is 8.42 Å². The van der Waals surface area contributed by atoms with Gasteiger partial charge < -0.3 is 4.31 Å². The van der Waals surface area contributed by atoms with E-state index in [1.54, 1.807) is 16.3 Å². The third kappa shape index (κ3) is 8.55. The first kappa shape index (κ1) is 27.5. The fraction of sp³-hybridized carbons (Fsp3) is 0.714. The highest BCUT2D eigenvalue weighted by atomic mass is 35.5. The highest BCUT2D eigenvalue weighted by molar-refractivity contribution is 8.01. The Labute approximate surface area is 193 Å². The molecular weight excluding hydrogens is 440 g/mol. The third-order valence-corrected chi connectivity index (χ3v) is 8.41. The minimum Gasteiger partial charge on any atom is -0.316 e. The van der Waals surface area contributed by atoms with Crippen LogP contribution in [-0.4, -0.2) is 57.5 Å². The van der Waals surface area contributed by atoms with Crippen LogP contribution in [0.1, 0.15) is 51.5 Å². The van der Waals surface area contributed by atoms with Gasteiger partial charge >= 0.3 is 0 Å². The molecular formula is C21H39ClN4O2S2. The lowest BCUT2D eigenvalue weighted by atomic mass is 10.1. The second kappa shape index (κ2) is 13.8. The molecule has 0 spiro atoms. The zero-order valence-electron chi connectivity index (χ0n) is 19.2. The second-order valence-corrected chi connectivity index (χ2v) is 11.1. The Bertz CT molecular complexity index is 732. The smallest absolute Gasteiger partial charge is 0.211 e. The maximum Gasteiger partial charge on any atom is 0.211 e. The van der Waals surface area contributed by atoms with Crippen molar-refractivity contribution in [2.24, 2.45) is 0 Å². The monoisotopic (exact) mass is 478 g/mol. The van der Waals surface area contributed by atoms with Gasteiger partial charge in [-0.25, -0.2) is 8.42 Å². The van der Waals surface area contributed by atoms with Gasteiger partial charge in [0.25, 0.3) is 0 Å². The zero-order valence-corrected chi connectivity index (χ0v) is 21.6. The van der Waals surface area contributed by atoms with Gasteiger partial charge in [0.2, 0.25) is 10.0 Å². The molecule has 1 fully saturated rings. The van der Waals surface area contributed by atoms with Crippen molar-refractivity contribution in [3.05, 3.63) is 28.8 Å². The van der Waals surface area contributed by atoms with Gasteiger partial charge in [0, 0.05) is 29.4 Å². The molecule has 1 saturated carbocycles. The summed E-state index contributed by atoms with van der Waals surface area (Å²) in [5.74, 6) is 0. The zero-order chi connectivity index (χ0) is 22.7. The van der Waals surface area contributed by atoms with E-state index in [9.17, 15) is 8.42 Å². The molecule has 0 aliphatic heterocycles. The number of benzene rings is 1. The first-order valence-corrected chi connectivity index (χ1v) is 13.8. The van der Waals surface area contributed by atoms with E-state index in [-0.39, 0.29) is 11.3 Å². The number of nitrogens with zero attached hydrogens (tertiary/aromatic N) is 2. The number of hydrazine groups is 1. The van der Waals surface area contributed by atoms with E-state index in [4.69, 9.17) is 11.6 Å². The van der Waals surface area contributed by atoms with Gasteiger partial charge in [-0.15, -0.1) is 0 Å². The Kier molecular flexibility index (Phi) is 12.7. The van der Waals surface area contributed by atoms with Crippen molar-refractivity contribution >= 4 is 39.3 Å². The first-order chi connectivity index (χ1) is 14.2. The van der Waals surface area contributed by atoms with Gasteiger partial charge in [-0.1, -0.05) is 43.9 Å². The van der Waals surface area contributed by atoms with Crippen LogP contribution in [0.15, 0.2) is 18.2 Å². The van der Waals surface area contributed by atoms with E-state index >= 15 is 0 Å². The molecule has 1 aromatic carbocycles. The Hall–Kier alpha value is -0.510. The molecule has 0 radical (unpaired) electrons. The van der Waals surface area contributed by atoms with Gasteiger partial charge in [0.05, 0.1) is 11.9 Å². The van der Waals surface area contributed by atoms with Crippen LogP contribution in [0.4, 0.5) is 5.69 Å². The maximum atomic E-state index is 12.3. The molecule has 174 valence electrons. The molecule has 2 atom stereocenters. The summed E-state index contributed by atoms with van der Waals surface area (Å²) < 4.78 is 28.6. The number of nitrogens with one attached hydrogen (secondary N) is 2. The van der Waals surface area contributed by atoms with Crippen LogP contribution in [0.3, 0.4) is 0 Å². The van der Waals surface area contributed by atoms with Crippen LogP contribution in [0.25, 0.3) is 0 Å². The van der Waals surface area contributed by atoms with Crippen molar-refractivity contribution in [3.8, 4) is 0 Å². The number of sulfonamides is 1. The highest BCUT2D eigenvalue weighted by Crippen LogP contribution is 2.37. The molecule has 2 N–H and O–H groups in total. The van der Waals surface area contributed by atoms with Gasteiger partial charge in [0.15, 0.2) is 0 Å². The van der Waals surface area contributed by atoms with E-state index in [0.717, 1.165) is 42.9 Å². The predicted molar refractivity (Wildman–Crippen MR) is 133 cm³/mol. The van der Waals surface area contributed by atoms with Crippen molar-refractivity contribution in [3.63, 3.8) is 0 Å². The van der Waals surface area contributed by atoms with Crippen LogP contribution < -0.4 is 15.2 Å². The lowest BCUT2D eigenvalue weighted by molar-refractivity contribution is 0.311. The second-order valence-electron chi connectivity index (χ2n) is 7.44. The predicted octanol–water partition coefficient (Wildman–Crippen LogP) is 4.45. The topological polar surface area (TPSA) is 64.7 Å². The van der Waals surface area contributed by atoms with E-state index in [0.29, 0.717) is 6.54 Å². The van der Waals surface area contributed by atoms with E-state index in [1.165, 1.54) is 18.2 Å². The van der Waals surface area contributed by atoms with E-state index in [1.807, 2.05) is 39.2 Å². The summed E-state index contributed by atoms with van der Waals surface area (Å²) in [6, 6.07) is 6.01. The molecule has 1 aliphatic rings.